The largest absolute Gasteiger partial charge is 0.332 e. The summed E-state index contributed by atoms with van der Waals surface area (Å²) in [5.74, 6) is 0.133. The Morgan fingerprint density at radius 1 is 1.04 bits per heavy atom. The summed E-state index contributed by atoms with van der Waals surface area (Å²) in [5.41, 5.74) is 1.34. The summed E-state index contributed by atoms with van der Waals surface area (Å²) < 4.78 is 24.1. The molecule has 0 unspecified atom stereocenters. The van der Waals surface area contributed by atoms with Gasteiger partial charge >= 0.3 is 0 Å². The lowest BCUT2D eigenvalue weighted by Gasteiger charge is -2.42. The lowest BCUT2D eigenvalue weighted by Crippen LogP contribution is -2.59. The maximum Gasteiger partial charge on any atom is 0.254 e. The molecule has 3 saturated heterocycles. The molecule has 0 spiro atoms. The average Bonchev–Trinajstić information content (AvgIpc) is 3.17. The van der Waals surface area contributed by atoms with Crippen molar-refractivity contribution in [1.29, 1.82) is 0 Å². The SMILES string of the molecule is CN1CCN(C(=O)c2ccc(N3CCCC3=O)cc2)[C@@H]2CS(=O)(=O)C[C@@H]21. The molecule has 0 aliphatic carbocycles. The number of hydrogen-bond donors (Lipinski definition) is 0. The van der Waals surface area contributed by atoms with Crippen LogP contribution in [0.4, 0.5) is 5.69 Å². The smallest absolute Gasteiger partial charge is 0.254 e. The number of rotatable bonds is 2. The first-order valence-corrected chi connectivity index (χ1v) is 10.8. The topological polar surface area (TPSA) is 78.0 Å². The van der Waals surface area contributed by atoms with Crippen LogP contribution in [0.3, 0.4) is 0 Å². The Kier molecular flexibility index (Phi) is 4.27. The minimum absolute atomic E-state index is 0.0358. The first-order valence-electron chi connectivity index (χ1n) is 8.98. The van der Waals surface area contributed by atoms with E-state index in [0.717, 1.165) is 12.1 Å². The molecule has 140 valence electrons. The number of piperazine rings is 1. The lowest BCUT2D eigenvalue weighted by molar-refractivity contribution is -0.117. The Labute approximate surface area is 153 Å². The van der Waals surface area contributed by atoms with Crippen molar-refractivity contribution in [2.45, 2.75) is 24.9 Å². The molecule has 3 aliphatic heterocycles. The Balaban J connectivity index is 1.54. The van der Waals surface area contributed by atoms with E-state index >= 15 is 0 Å². The molecule has 26 heavy (non-hydrogen) atoms. The van der Waals surface area contributed by atoms with Gasteiger partial charge in [-0.2, -0.15) is 0 Å². The van der Waals surface area contributed by atoms with E-state index in [1.54, 1.807) is 34.1 Å². The molecular formula is C18H23N3O4S. The molecule has 0 saturated carbocycles. The number of anilines is 1. The van der Waals surface area contributed by atoms with Crippen molar-refractivity contribution in [2.75, 3.05) is 43.1 Å². The number of sulfone groups is 1. The van der Waals surface area contributed by atoms with Crippen molar-refractivity contribution in [2.24, 2.45) is 0 Å². The number of hydrogen-bond acceptors (Lipinski definition) is 5. The van der Waals surface area contributed by atoms with E-state index in [0.29, 0.717) is 31.6 Å². The van der Waals surface area contributed by atoms with Crippen molar-refractivity contribution in [3.8, 4) is 0 Å². The Morgan fingerprint density at radius 3 is 2.38 bits per heavy atom. The predicted octanol–water partition coefficient (Wildman–Crippen LogP) is 0.367. The molecule has 7 nitrogen and oxygen atoms in total. The van der Waals surface area contributed by atoms with E-state index in [1.807, 2.05) is 11.9 Å². The number of amides is 2. The zero-order chi connectivity index (χ0) is 18.5. The molecule has 2 atom stereocenters. The summed E-state index contributed by atoms with van der Waals surface area (Å²) in [6.45, 7) is 1.91. The molecular weight excluding hydrogens is 354 g/mol. The van der Waals surface area contributed by atoms with Crippen LogP contribution in [0.15, 0.2) is 24.3 Å². The molecule has 3 heterocycles. The summed E-state index contributed by atoms with van der Waals surface area (Å²) in [6, 6.07) is 6.66. The summed E-state index contributed by atoms with van der Waals surface area (Å²) in [4.78, 5) is 30.3. The van der Waals surface area contributed by atoms with E-state index in [9.17, 15) is 18.0 Å². The van der Waals surface area contributed by atoms with Gasteiger partial charge in [0, 0.05) is 43.3 Å². The first kappa shape index (κ1) is 17.5. The number of carbonyl (C=O) groups excluding carboxylic acids is 2. The molecule has 3 aliphatic rings. The van der Waals surface area contributed by atoms with Gasteiger partial charge in [0.05, 0.1) is 17.5 Å². The van der Waals surface area contributed by atoms with E-state index in [2.05, 4.69) is 0 Å². The van der Waals surface area contributed by atoms with Gasteiger partial charge in [0.1, 0.15) is 0 Å². The molecule has 3 fully saturated rings. The third kappa shape index (κ3) is 3.01. The fourth-order valence-electron chi connectivity index (χ4n) is 4.25. The second-order valence-electron chi connectivity index (χ2n) is 7.39. The number of carbonyl (C=O) groups is 2. The van der Waals surface area contributed by atoms with Crippen LogP contribution in [0.2, 0.25) is 0 Å². The van der Waals surface area contributed by atoms with Crippen LogP contribution in [-0.4, -0.2) is 80.3 Å². The highest BCUT2D eigenvalue weighted by molar-refractivity contribution is 7.91. The highest BCUT2D eigenvalue weighted by atomic mass is 32.2. The van der Waals surface area contributed by atoms with E-state index < -0.39 is 9.84 Å². The maximum absolute atomic E-state index is 13.0. The quantitative estimate of drug-likeness (QED) is 0.744. The van der Waals surface area contributed by atoms with Crippen LogP contribution in [0.25, 0.3) is 0 Å². The van der Waals surface area contributed by atoms with Crippen LogP contribution in [0.5, 0.6) is 0 Å². The lowest BCUT2D eigenvalue weighted by atomic mass is 10.0. The van der Waals surface area contributed by atoms with Crippen LogP contribution in [0.1, 0.15) is 23.2 Å². The van der Waals surface area contributed by atoms with Crippen LogP contribution >= 0.6 is 0 Å². The van der Waals surface area contributed by atoms with Crippen molar-refractivity contribution in [3.63, 3.8) is 0 Å². The first-order chi connectivity index (χ1) is 12.4. The second kappa shape index (κ2) is 6.35. The number of fused-ring (bicyclic) bond motifs is 1. The molecule has 0 bridgehead atoms. The molecule has 8 heteroatoms. The molecule has 0 N–H and O–H groups in total. The fourth-order valence-corrected chi connectivity index (χ4v) is 6.30. The van der Waals surface area contributed by atoms with Gasteiger partial charge in [-0.05, 0) is 37.7 Å². The third-order valence-electron chi connectivity index (χ3n) is 5.71. The van der Waals surface area contributed by atoms with Crippen molar-refractivity contribution in [1.82, 2.24) is 9.80 Å². The van der Waals surface area contributed by atoms with Crippen molar-refractivity contribution >= 4 is 27.3 Å². The monoisotopic (exact) mass is 377 g/mol. The number of nitrogens with zero attached hydrogens (tertiary/aromatic N) is 3. The third-order valence-corrected chi connectivity index (χ3v) is 7.41. The van der Waals surface area contributed by atoms with Gasteiger partial charge in [-0.1, -0.05) is 0 Å². The van der Waals surface area contributed by atoms with Gasteiger partial charge < -0.3 is 9.80 Å². The van der Waals surface area contributed by atoms with Crippen molar-refractivity contribution < 1.29 is 18.0 Å². The van der Waals surface area contributed by atoms with E-state index in [4.69, 9.17) is 0 Å². The average molecular weight is 377 g/mol. The summed E-state index contributed by atoms with van der Waals surface area (Å²) in [7, 11) is -1.20. The van der Waals surface area contributed by atoms with Gasteiger partial charge in [-0.3, -0.25) is 14.5 Å². The predicted molar refractivity (Wildman–Crippen MR) is 97.9 cm³/mol. The molecule has 4 rings (SSSR count). The van der Waals surface area contributed by atoms with Gasteiger partial charge in [-0.15, -0.1) is 0 Å². The highest BCUT2D eigenvalue weighted by Gasteiger charge is 2.47. The Hall–Kier alpha value is -1.93. The number of likely N-dealkylation sites (N-methyl/N-ethyl adjacent to an activating group) is 1. The molecule has 0 radical (unpaired) electrons. The Morgan fingerprint density at radius 2 is 1.73 bits per heavy atom. The van der Waals surface area contributed by atoms with Crippen LogP contribution < -0.4 is 4.90 Å². The van der Waals surface area contributed by atoms with Crippen LogP contribution in [0, 0.1) is 0 Å². The molecule has 2 amide bonds. The van der Waals surface area contributed by atoms with E-state index in [-0.39, 0.29) is 35.4 Å². The zero-order valence-corrected chi connectivity index (χ0v) is 15.6. The maximum atomic E-state index is 13.0. The minimum atomic E-state index is -3.11. The standard InChI is InChI=1S/C18H23N3O4S/c1-19-9-10-21(16-12-26(24,25)11-15(16)19)18(23)13-4-6-14(7-5-13)20-8-2-3-17(20)22/h4-7,15-16H,2-3,8-12H2,1H3/t15-,16+/m0/s1. The molecule has 1 aromatic rings. The van der Waals surface area contributed by atoms with Gasteiger partial charge in [0.25, 0.3) is 5.91 Å². The van der Waals surface area contributed by atoms with Crippen molar-refractivity contribution in [3.05, 3.63) is 29.8 Å². The van der Waals surface area contributed by atoms with Crippen LogP contribution in [-0.2, 0) is 14.6 Å². The highest BCUT2D eigenvalue weighted by Crippen LogP contribution is 2.28. The molecule has 1 aromatic carbocycles. The van der Waals surface area contributed by atoms with E-state index in [1.165, 1.54) is 0 Å². The Bertz CT molecular complexity index is 836. The minimum Gasteiger partial charge on any atom is -0.332 e. The van der Waals surface area contributed by atoms with Gasteiger partial charge in [0.15, 0.2) is 9.84 Å². The summed E-state index contributed by atoms with van der Waals surface area (Å²) >= 11 is 0. The second-order valence-corrected chi connectivity index (χ2v) is 9.54. The normalized spacial score (nSPS) is 28.4. The molecule has 0 aromatic heterocycles. The summed E-state index contributed by atoms with van der Waals surface area (Å²) in [6.07, 6.45) is 1.43. The summed E-state index contributed by atoms with van der Waals surface area (Å²) in [5, 5.41) is 0. The number of benzene rings is 1. The van der Waals surface area contributed by atoms with Gasteiger partial charge in [0.2, 0.25) is 5.91 Å². The fraction of sp³-hybridized carbons (Fsp3) is 0.556. The zero-order valence-electron chi connectivity index (χ0n) is 14.8. The van der Waals surface area contributed by atoms with Gasteiger partial charge in [-0.25, -0.2) is 8.42 Å².